The molecular formula is C40H37FN4O. The number of fused-ring (bicyclic) bond motifs is 3. The Bertz CT molecular complexity index is 2190. The van der Waals surface area contributed by atoms with Crippen molar-refractivity contribution in [3.05, 3.63) is 132 Å². The molecule has 3 aromatic heterocycles. The number of ether oxygens (including phenoxy) is 1. The first-order valence-electron chi connectivity index (χ1n) is 16.2. The lowest BCUT2D eigenvalue weighted by atomic mass is 9.89. The number of aryl methyl sites for hydroxylation is 3. The lowest BCUT2D eigenvalue weighted by Crippen LogP contribution is -2.03. The summed E-state index contributed by atoms with van der Waals surface area (Å²) in [6.45, 7) is 8.85. The molecule has 0 saturated carbocycles. The first-order valence-corrected chi connectivity index (χ1v) is 16.2. The predicted molar refractivity (Wildman–Crippen MR) is 185 cm³/mol. The Balaban J connectivity index is 1.31. The minimum atomic E-state index is -0.330. The van der Waals surface area contributed by atoms with Gasteiger partial charge in [-0.05, 0) is 78.8 Å². The van der Waals surface area contributed by atoms with Gasteiger partial charge in [0.25, 0.3) is 0 Å². The monoisotopic (exact) mass is 608 g/mol. The van der Waals surface area contributed by atoms with Crippen LogP contribution in [0.1, 0.15) is 50.2 Å². The Kier molecular flexibility index (Phi) is 7.87. The number of halogens is 1. The molecule has 0 spiro atoms. The van der Waals surface area contributed by atoms with E-state index in [2.05, 4.69) is 79.8 Å². The number of nitrogens with zero attached hydrogens (tertiary/aromatic N) is 4. The molecule has 3 heterocycles. The summed E-state index contributed by atoms with van der Waals surface area (Å²) in [7, 11) is 0. The van der Waals surface area contributed by atoms with Crippen LogP contribution in [0, 0.1) is 5.82 Å². The summed E-state index contributed by atoms with van der Waals surface area (Å²) in [5, 5.41) is 7.30. The highest BCUT2D eigenvalue weighted by Gasteiger charge is 2.22. The average Bonchev–Trinajstić information content (AvgIpc) is 3.63. The van der Waals surface area contributed by atoms with E-state index in [0.29, 0.717) is 17.3 Å². The summed E-state index contributed by atoms with van der Waals surface area (Å²) >= 11 is 0. The van der Waals surface area contributed by atoms with Crippen LogP contribution in [-0.2, 0) is 25.7 Å². The van der Waals surface area contributed by atoms with Crippen molar-refractivity contribution in [1.82, 2.24) is 19.3 Å². The van der Waals surface area contributed by atoms with Crippen molar-refractivity contribution >= 4 is 21.8 Å². The standard InChI is InChI=1S/C40H37FN4O/c1-5-26-13-11-14-27(6-2)39(26)40-34(7-3)43-45(35(40)8-4)29-15-12-16-30(24-29)46-31-19-20-33-32-17-9-10-18-36(32)44(37(33)25-31)38-23-28(41)21-22-42-38/h9-25H,5-8H2,1-4H3. The van der Waals surface area contributed by atoms with E-state index in [9.17, 15) is 4.39 Å². The molecule has 46 heavy (non-hydrogen) atoms. The van der Waals surface area contributed by atoms with Gasteiger partial charge in [0.05, 0.1) is 28.1 Å². The normalized spacial score (nSPS) is 11.5. The number of pyridine rings is 1. The van der Waals surface area contributed by atoms with Crippen LogP contribution in [0.25, 0.3) is 44.4 Å². The number of hydrogen-bond donors (Lipinski definition) is 0. The highest BCUT2D eigenvalue weighted by Crippen LogP contribution is 2.38. The molecule has 0 aliphatic rings. The average molecular weight is 609 g/mol. The van der Waals surface area contributed by atoms with E-state index in [4.69, 9.17) is 9.84 Å². The third kappa shape index (κ3) is 5.04. The predicted octanol–water partition coefficient (Wildman–Crippen LogP) is 10.2. The van der Waals surface area contributed by atoms with Crippen molar-refractivity contribution < 1.29 is 9.13 Å². The van der Waals surface area contributed by atoms with Gasteiger partial charge in [-0.3, -0.25) is 4.57 Å². The van der Waals surface area contributed by atoms with E-state index in [1.54, 1.807) is 0 Å². The van der Waals surface area contributed by atoms with Gasteiger partial charge < -0.3 is 4.74 Å². The van der Waals surface area contributed by atoms with Crippen LogP contribution < -0.4 is 4.74 Å². The fourth-order valence-corrected chi connectivity index (χ4v) is 6.73. The number of benzene rings is 4. The van der Waals surface area contributed by atoms with Crippen LogP contribution in [0.15, 0.2) is 103 Å². The Morgan fingerprint density at radius 1 is 0.652 bits per heavy atom. The Hall–Kier alpha value is -5.23. The second-order valence-electron chi connectivity index (χ2n) is 11.5. The molecule has 0 unspecified atom stereocenters. The molecule has 0 amide bonds. The fraction of sp³-hybridized carbons (Fsp3) is 0.200. The van der Waals surface area contributed by atoms with E-state index in [1.807, 2.05) is 47.0 Å². The van der Waals surface area contributed by atoms with E-state index >= 15 is 0 Å². The van der Waals surface area contributed by atoms with Gasteiger partial charge in [-0.15, -0.1) is 0 Å². The first-order chi connectivity index (χ1) is 22.5. The van der Waals surface area contributed by atoms with Crippen LogP contribution in [0.3, 0.4) is 0 Å². The zero-order valence-electron chi connectivity index (χ0n) is 26.7. The van der Waals surface area contributed by atoms with Gasteiger partial charge in [0.2, 0.25) is 0 Å². The molecule has 0 atom stereocenters. The van der Waals surface area contributed by atoms with Gasteiger partial charge in [-0.2, -0.15) is 5.10 Å². The van der Waals surface area contributed by atoms with Crippen LogP contribution in [0.2, 0.25) is 0 Å². The number of aromatic nitrogens is 4. The largest absolute Gasteiger partial charge is 0.457 e. The number of hydrogen-bond acceptors (Lipinski definition) is 3. The van der Waals surface area contributed by atoms with Gasteiger partial charge in [0, 0.05) is 40.7 Å². The fourth-order valence-electron chi connectivity index (χ4n) is 6.73. The van der Waals surface area contributed by atoms with Crippen molar-refractivity contribution in [2.24, 2.45) is 0 Å². The SMILES string of the molecule is CCc1cccc(CC)c1-c1c(CC)nn(-c2cccc(Oc3ccc4c5ccccc5n(-c5cc(F)ccn5)c4c3)c2)c1CC. The summed E-state index contributed by atoms with van der Waals surface area (Å²) in [4.78, 5) is 4.49. The second kappa shape index (κ2) is 12.3. The van der Waals surface area contributed by atoms with E-state index in [0.717, 1.165) is 58.9 Å². The maximum absolute atomic E-state index is 14.3. The first kappa shape index (κ1) is 29.5. The zero-order chi connectivity index (χ0) is 31.8. The lowest BCUT2D eigenvalue weighted by Gasteiger charge is -2.16. The van der Waals surface area contributed by atoms with E-state index in [1.165, 1.54) is 46.3 Å². The molecule has 0 fully saturated rings. The zero-order valence-corrected chi connectivity index (χ0v) is 26.7. The Labute approximate surface area is 268 Å². The molecule has 5 nitrogen and oxygen atoms in total. The summed E-state index contributed by atoms with van der Waals surface area (Å²) in [5.74, 6) is 1.59. The van der Waals surface area contributed by atoms with Crippen molar-refractivity contribution in [3.8, 4) is 34.1 Å². The minimum absolute atomic E-state index is 0.330. The van der Waals surface area contributed by atoms with Crippen molar-refractivity contribution in [2.75, 3.05) is 0 Å². The maximum atomic E-state index is 14.3. The highest BCUT2D eigenvalue weighted by molar-refractivity contribution is 6.09. The molecule has 6 heteroatoms. The molecule has 0 N–H and O–H groups in total. The Morgan fingerprint density at radius 3 is 2.13 bits per heavy atom. The summed E-state index contributed by atoms with van der Waals surface area (Å²) in [6.07, 6.45) is 5.15. The van der Waals surface area contributed by atoms with E-state index in [-0.39, 0.29) is 5.82 Å². The van der Waals surface area contributed by atoms with Crippen LogP contribution in [0.4, 0.5) is 4.39 Å². The number of rotatable bonds is 9. The molecule has 0 radical (unpaired) electrons. The molecule has 0 saturated heterocycles. The molecule has 0 bridgehead atoms. The van der Waals surface area contributed by atoms with Crippen LogP contribution in [-0.4, -0.2) is 19.3 Å². The van der Waals surface area contributed by atoms with Crippen molar-refractivity contribution in [3.63, 3.8) is 0 Å². The van der Waals surface area contributed by atoms with Gasteiger partial charge in [0.15, 0.2) is 0 Å². The highest BCUT2D eigenvalue weighted by atomic mass is 19.1. The Morgan fingerprint density at radius 2 is 1.39 bits per heavy atom. The molecule has 4 aromatic carbocycles. The molecule has 0 aliphatic heterocycles. The third-order valence-electron chi connectivity index (χ3n) is 8.85. The van der Waals surface area contributed by atoms with Gasteiger partial charge in [-0.25, -0.2) is 14.1 Å². The minimum Gasteiger partial charge on any atom is -0.457 e. The summed E-state index contributed by atoms with van der Waals surface area (Å²) in [6, 6.07) is 31.8. The number of para-hydroxylation sites is 1. The molecule has 7 rings (SSSR count). The van der Waals surface area contributed by atoms with Crippen molar-refractivity contribution in [1.29, 1.82) is 0 Å². The van der Waals surface area contributed by atoms with Crippen LogP contribution in [0.5, 0.6) is 11.5 Å². The molecule has 0 aliphatic carbocycles. The third-order valence-corrected chi connectivity index (χ3v) is 8.85. The molecule has 7 aromatic rings. The quantitative estimate of drug-likeness (QED) is 0.164. The molecule has 230 valence electrons. The molecular weight excluding hydrogens is 571 g/mol. The van der Waals surface area contributed by atoms with Gasteiger partial charge in [-0.1, -0.05) is 70.2 Å². The van der Waals surface area contributed by atoms with Gasteiger partial charge in [0.1, 0.15) is 23.1 Å². The van der Waals surface area contributed by atoms with Crippen LogP contribution >= 0.6 is 0 Å². The second-order valence-corrected chi connectivity index (χ2v) is 11.5. The maximum Gasteiger partial charge on any atom is 0.140 e. The topological polar surface area (TPSA) is 44.9 Å². The van der Waals surface area contributed by atoms with Gasteiger partial charge >= 0.3 is 0 Å². The smallest absolute Gasteiger partial charge is 0.140 e. The van der Waals surface area contributed by atoms with E-state index < -0.39 is 0 Å². The summed E-state index contributed by atoms with van der Waals surface area (Å²) < 4.78 is 24.9. The van der Waals surface area contributed by atoms with Crippen molar-refractivity contribution in [2.45, 2.75) is 53.4 Å². The lowest BCUT2D eigenvalue weighted by molar-refractivity contribution is 0.482. The summed E-state index contributed by atoms with van der Waals surface area (Å²) in [5.41, 5.74) is 10.5.